The van der Waals surface area contributed by atoms with Crippen LogP contribution in [0.15, 0.2) is 44.8 Å². The van der Waals surface area contributed by atoms with Crippen LogP contribution in [0.2, 0.25) is 0 Å². The third-order valence-electron chi connectivity index (χ3n) is 2.96. The summed E-state index contributed by atoms with van der Waals surface area (Å²) in [5.74, 6) is -1.00. The minimum absolute atomic E-state index is 0.0575. The number of aliphatic hydroxyl groups excluding tert-OH is 1. The van der Waals surface area contributed by atoms with Gasteiger partial charge in [0.1, 0.15) is 17.2 Å². The number of carbonyl (C=O) groups is 1. The van der Waals surface area contributed by atoms with Crippen molar-refractivity contribution in [2.45, 2.75) is 25.7 Å². The van der Waals surface area contributed by atoms with Crippen molar-refractivity contribution in [3.8, 4) is 5.75 Å². The number of aliphatic hydroxyl groups is 1. The van der Waals surface area contributed by atoms with Crippen molar-refractivity contribution in [3.05, 3.63) is 29.7 Å². The molecule has 0 heterocycles. The maximum Gasteiger partial charge on any atom is 0.362 e. The molecular formula is C15H20N2O6S. The van der Waals surface area contributed by atoms with Gasteiger partial charge in [-0.3, -0.25) is 0 Å². The molecule has 0 bridgehead atoms. The van der Waals surface area contributed by atoms with Crippen molar-refractivity contribution >= 4 is 21.5 Å². The largest absolute Gasteiger partial charge is 0.510 e. The van der Waals surface area contributed by atoms with E-state index >= 15 is 0 Å². The fourth-order valence-corrected chi connectivity index (χ4v) is 2.57. The van der Waals surface area contributed by atoms with Crippen molar-refractivity contribution in [2.75, 3.05) is 19.5 Å². The Kier molecular flexibility index (Phi) is 6.90. The molecule has 0 aliphatic rings. The number of rotatable bonds is 7. The van der Waals surface area contributed by atoms with E-state index in [0.717, 1.165) is 0 Å². The first-order chi connectivity index (χ1) is 11.3. The minimum atomic E-state index is -3.44. The molecule has 0 radical (unpaired) electrons. The van der Waals surface area contributed by atoms with E-state index in [1.54, 1.807) is 6.92 Å². The van der Waals surface area contributed by atoms with Gasteiger partial charge in [0.15, 0.2) is 9.84 Å². The summed E-state index contributed by atoms with van der Waals surface area (Å²) >= 11 is 0. The minimum Gasteiger partial charge on any atom is -0.510 e. The summed E-state index contributed by atoms with van der Waals surface area (Å²) in [5, 5.41) is 17.0. The highest BCUT2D eigenvalue weighted by Crippen LogP contribution is 2.31. The van der Waals surface area contributed by atoms with Crippen LogP contribution in [0, 0.1) is 0 Å². The number of hydrogen-bond donors (Lipinski definition) is 1. The summed E-state index contributed by atoms with van der Waals surface area (Å²) in [5.41, 5.74) is -0.266. The van der Waals surface area contributed by atoms with Gasteiger partial charge in [-0.25, -0.2) is 13.2 Å². The van der Waals surface area contributed by atoms with Crippen molar-refractivity contribution < 1.29 is 27.8 Å². The summed E-state index contributed by atoms with van der Waals surface area (Å²) in [7, 11) is -2.05. The zero-order valence-electron chi connectivity index (χ0n) is 13.9. The smallest absolute Gasteiger partial charge is 0.362 e. The Morgan fingerprint density at radius 3 is 2.46 bits per heavy atom. The molecular weight excluding hydrogens is 336 g/mol. The van der Waals surface area contributed by atoms with Gasteiger partial charge in [-0.05, 0) is 32.0 Å². The zero-order chi connectivity index (χ0) is 18.3. The van der Waals surface area contributed by atoms with Gasteiger partial charge in [-0.15, -0.1) is 10.2 Å². The van der Waals surface area contributed by atoms with E-state index in [9.17, 15) is 18.3 Å². The standard InChI is InChI=1S/C15H20N2O6S/c1-5-23-15(19)14(10(3)18)17-16-12-9-11(24(20,21)6-2)7-8-13(12)22-4/h7-9,18H,5-6H2,1-4H3. The summed E-state index contributed by atoms with van der Waals surface area (Å²) in [6, 6.07) is 4.13. The third kappa shape index (κ3) is 4.79. The van der Waals surface area contributed by atoms with Crippen molar-refractivity contribution in [1.29, 1.82) is 0 Å². The second kappa shape index (κ2) is 8.44. The maximum atomic E-state index is 12.0. The van der Waals surface area contributed by atoms with Gasteiger partial charge in [0.05, 0.1) is 24.4 Å². The van der Waals surface area contributed by atoms with Gasteiger partial charge in [-0.1, -0.05) is 6.92 Å². The first kappa shape index (κ1) is 19.6. The predicted molar refractivity (Wildman–Crippen MR) is 87.2 cm³/mol. The Morgan fingerprint density at radius 2 is 1.96 bits per heavy atom. The van der Waals surface area contributed by atoms with Gasteiger partial charge in [-0.2, -0.15) is 0 Å². The fraction of sp³-hybridized carbons (Fsp3) is 0.400. The van der Waals surface area contributed by atoms with Gasteiger partial charge >= 0.3 is 5.97 Å². The molecule has 9 heteroatoms. The molecule has 0 atom stereocenters. The van der Waals surface area contributed by atoms with Crippen LogP contribution in [-0.4, -0.2) is 39.0 Å². The number of sulfone groups is 1. The van der Waals surface area contributed by atoms with E-state index in [1.165, 1.54) is 39.2 Å². The van der Waals surface area contributed by atoms with Crippen LogP contribution >= 0.6 is 0 Å². The molecule has 0 saturated carbocycles. The number of nitrogens with zero attached hydrogens (tertiary/aromatic N) is 2. The third-order valence-corrected chi connectivity index (χ3v) is 4.69. The lowest BCUT2D eigenvalue weighted by Crippen LogP contribution is -2.07. The molecule has 0 aromatic heterocycles. The molecule has 0 aliphatic heterocycles. The SMILES string of the molecule is CCOC(=O)C(N=Nc1cc(S(=O)(=O)CC)ccc1OC)=C(C)O. The lowest BCUT2D eigenvalue weighted by Gasteiger charge is -2.07. The average Bonchev–Trinajstić information content (AvgIpc) is 2.54. The number of methoxy groups -OCH3 is 1. The lowest BCUT2D eigenvalue weighted by atomic mass is 10.3. The maximum absolute atomic E-state index is 12.0. The Labute approximate surface area is 140 Å². The molecule has 1 aromatic rings. The zero-order valence-corrected chi connectivity index (χ0v) is 14.8. The number of benzene rings is 1. The number of esters is 1. The Hall–Kier alpha value is -2.42. The van der Waals surface area contributed by atoms with Crippen LogP contribution in [0.4, 0.5) is 5.69 Å². The topological polar surface area (TPSA) is 115 Å². The molecule has 0 saturated heterocycles. The molecule has 24 heavy (non-hydrogen) atoms. The van der Waals surface area contributed by atoms with Crippen LogP contribution in [0.1, 0.15) is 20.8 Å². The van der Waals surface area contributed by atoms with Crippen molar-refractivity contribution in [2.24, 2.45) is 10.2 Å². The molecule has 132 valence electrons. The first-order valence-electron chi connectivity index (χ1n) is 7.16. The van der Waals surface area contributed by atoms with Gasteiger partial charge in [0.2, 0.25) is 5.70 Å². The predicted octanol–water partition coefficient (Wildman–Crippen LogP) is 2.93. The van der Waals surface area contributed by atoms with Crippen LogP contribution in [0.3, 0.4) is 0 Å². The quantitative estimate of drug-likeness (QED) is 0.348. The highest BCUT2D eigenvalue weighted by molar-refractivity contribution is 7.91. The molecule has 0 spiro atoms. The average molecular weight is 356 g/mol. The van der Waals surface area contributed by atoms with E-state index in [-0.39, 0.29) is 40.1 Å². The van der Waals surface area contributed by atoms with Crippen LogP contribution < -0.4 is 4.74 Å². The number of azo groups is 1. The van der Waals surface area contributed by atoms with E-state index in [1.807, 2.05) is 0 Å². The highest BCUT2D eigenvalue weighted by atomic mass is 32.2. The van der Waals surface area contributed by atoms with Gasteiger partial charge in [0, 0.05) is 0 Å². The number of hydrogen-bond acceptors (Lipinski definition) is 8. The monoisotopic (exact) mass is 356 g/mol. The Bertz CT molecular complexity index is 764. The Balaban J connectivity index is 3.32. The molecule has 0 unspecified atom stereocenters. The summed E-state index contributed by atoms with van der Waals surface area (Å²) in [6.45, 7) is 4.51. The number of carbonyl (C=O) groups excluding carboxylic acids is 1. The second-order valence-electron chi connectivity index (χ2n) is 4.59. The molecule has 1 aromatic carbocycles. The summed E-state index contributed by atoms with van der Waals surface area (Å²) in [4.78, 5) is 11.8. The van der Waals surface area contributed by atoms with Crippen LogP contribution in [0.25, 0.3) is 0 Å². The number of allylic oxidation sites excluding steroid dienone is 1. The molecule has 0 fully saturated rings. The normalized spacial score (nSPS) is 12.8. The summed E-state index contributed by atoms with van der Waals surface area (Å²) < 4.78 is 33.8. The lowest BCUT2D eigenvalue weighted by molar-refractivity contribution is -0.138. The summed E-state index contributed by atoms with van der Waals surface area (Å²) in [6.07, 6.45) is 0. The molecule has 0 aliphatic carbocycles. The first-order valence-corrected chi connectivity index (χ1v) is 8.81. The molecule has 1 N–H and O–H groups in total. The highest BCUT2D eigenvalue weighted by Gasteiger charge is 2.17. The Morgan fingerprint density at radius 1 is 1.29 bits per heavy atom. The van der Waals surface area contributed by atoms with E-state index < -0.39 is 15.8 Å². The molecule has 1 rings (SSSR count). The van der Waals surface area contributed by atoms with E-state index in [2.05, 4.69) is 10.2 Å². The fourth-order valence-electron chi connectivity index (χ4n) is 1.67. The van der Waals surface area contributed by atoms with Gasteiger partial charge < -0.3 is 14.6 Å². The van der Waals surface area contributed by atoms with Crippen molar-refractivity contribution in [1.82, 2.24) is 0 Å². The van der Waals surface area contributed by atoms with E-state index in [0.29, 0.717) is 0 Å². The number of ether oxygens (including phenoxy) is 2. The van der Waals surface area contributed by atoms with E-state index in [4.69, 9.17) is 9.47 Å². The molecule has 0 amide bonds. The van der Waals surface area contributed by atoms with Crippen LogP contribution in [0.5, 0.6) is 5.75 Å². The van der Waals surface area contributed by atoms with Crippen molar-refractivity contribution in [3.63, 3.8) is 0 Å². The molecule has 8 nitrogen and oxygen atoms in total. The second-order valence-corrected chi connectivity index (χ2v) is 6.87. The van der Waals surface area contributed by atoms with Gasteiger partial charge in [0.25, 0.3) is 0 Å². The van der Waals surface area contributed by atoms with Crippen LogP contribution in [-0.2, 0) is 19.4 Å².